The fourth-order valence-corrected chi connectivity index (χ4v) is 2.49. The van der Waals surface area contributed by atoms with E-state index < -0.39 is 10.8 Å². The molecule has 0 atom stereocenters. The summed E-state index contributed by atoms with van der Waals surface area (Å²) in [7, 11) is 1.58. The first-order chi connectivity index (χ1) is 9.49. The van der Waals surface area contributed by atoms with Gasteiger partial charge in [0.25, 0.3) is 11.6 Å². The molecule has 2 rings (SSSR count). The Hall–Kier alpha value is -1.99. The van der Waals surface area contributed by atoms with Crippen LogP contribution in [0.25, 0.3) is 0 Å². The van der Waals surface area contributed by atoms with Gasteiger partial charge in [-0.1, -0.05) is 11.6 Å². The highest BCUT2D eigenvalue weighted by atomic mass is 35.5. The van der Waals surface area contributed by atoms with Gasteiger partial charge in [0, 0.05) is 13.6 Å². The van der Waals surface area contributed by atoms with Crippen molar-refractivity contribution in [3.8, 4) is 0 Å². The predicted molar refractivity (Wildman–Crippen MR) is 76.0 cm³/mol. The summed E-state index contributed by atoms with van der Waals surface area (Å²) in [6.07, 6.45) is 0.994. The Morgan fingerprint density at radius 1 is 1.60 bits per heavy atom. The van der Waals surface area contributed by atoms with Crippen molar-refractivity contribution in [2.75, 3.05) is 7.05 Å². The number of pyridine rings is 1. The lowest BCUT2D eigenvalue weighted by Gasteiger charge is -2.16. The zero-order valence-corrected chi connectivity index (χ0v) is 12.0. The minimum atomic E-state index is -0.644. The van der Waals surface area contributed by atoms with Crippen LogP contribution in [0.3, 0.4) is 0 Å². The number of rotatable bonds is 4. The second-order valence-electron chi connectivity index (χ2n) is 4.07. The fraction of sp³-hybridized carbons (Fsp3) is 0.167. The highest BCUT2D eigenvalue weighted by molar-refractivity contribution is 7.07. The summed E-state index contributed by atoms with van der Waals surface area (Å²) >= 11 is 7.23. The molecule has 0 aliphatic carbocycles. The summed E-state index contributed by atoms with van der Waals surface area (Å²) < 4.78 is 0. The van der Waals surface area contributed by atoms with Crippen molar-refractivity contribution in [2.24, 2.45) is 0 Å². The molecule has 2 aromatic rings. The molecule has 2 heterocycles. The maximum Gasteiger partial charge on any atom is 0.300 e. The first-order valence-electron chi connectivity index (χ1n) is 5.55. The van der Waals surface area contributed by atoms with Crippen LogP contribution in [0, 0.1) is 10.1 Å². The number of halogens is 1. The molecule has 0 unspecified atom stereocenters. The van der Waals surface area contributed by atoms with Gasteiger partial charge in [-0.25, -0.2) is 4.98 Å². The van der Waals surface area contributed by atoms with Crippen molar-refractivity contribution in [1.29, 1.82) is 0 Å². The second-order valence-corrected chi connectivity index (χ2v) is 5.24. The number of nitrogens with zero attached hydrogens (tertiary/aromatic N) is 3. The third kappa shape index (κ3) is 3.12. The number of carbonyl (C=O) groups excluding carboxylic acids is 1. The van der Waals surface area contributed by atoms with Gasteiger partial charge in [-0.2, -0.15) is 11.3 Å². The van der Waals surface area contributed by atoms with Crippen LogP contribution in [0.4, 0.5) is 5.69 Å². The average Bonchev–Trinajstić information content (AvgIpc) is 2.90. The van der Waals surface area contributed by atoms with Crippen LogP contribution in [0.15, 0.2) is 29.1 Å². The highest BCUT2D eigenvalue weighted by Crippen LogP contribution is 2.22. The SMILES string of the molecule is CN(Cc1ccsc1)C(=O)c1cc(Cl)ncc1[N+](=O)[O-]. The summed E-state index contributed by atoms with van der Waals surface area (Å²) in [5.41, 5.74) is 0.554. The van der Waals surface area contributed by atoms with Crippen molar-refractivity contribution in [3.05, 3.63) is 55.5 Å². The highest BCUT2D eigenvalue weighted by Gasteiger charge is 2.24. The van der Waals surface area contributed by atoms with Gasteiger partial charge in [-0.15, -0.1) is 0 Å². The standard InChI is InChI=1S/C12H10ClN3O3S/c1-15(6-8-2-3-20-7-8)12(17)9-4-11(13)14-5-10(9)16(18)19/h2-5,7H,6H2,1H3. The second kappa shape index (κ2) is 5.98. The monoisotopic (exact) mass is 311 g/mol. The first kappa shape index (κ1) is 14.4. The molecule has 0 N–H and O–H groups in total. The van der Waals surface area contributed by atoms with Crippen molar-refractivity contribution in [1.82, 2.24) is 9.88 Å². The molecule has 0 aromatic carbocycles. The summed E-state index contributed by atoms with van der Waals surface area (Å²) in [6, 6.07) is 3.11. The molecule has 2 aromatic heterocycles. The van der Waals surface area contributed by atoms with E-state index in [1.54, 1.807) is 7.05 Å². The molecule has 20 heavy (non-hydrogen) atoms. The van der Waals surface area contributed by atoms with E-state index in [2.05, 4.69) is 4.98 Å². The van der Waals surface area contributed by atoms with E-state index in [0.29, 0.717) is 6.54 Å². The lowest BCUT2D eigenvalue weighted by molar-refractivity contribution is -0.385. The number of thiophene rings is 1. The Balaban J connectivity index is 2.28. The molecule has 0 fully saturated rings. The van der Waals surface area contributed by atoms with Gasteiger partial charge in [0.1, 0.15) is 16.9 Å². The minimum Gasteiger partial charge on any atom is -0.337 e. The van der Waals surface area contributed by atoms with Crippen LogP contribution in [-0.2, 0) is 6.54 Å². The van der Waals surface area contributed by atoms with Gasteiger partial charge in [0.15, 0.2) is 0 Å². The van der Waals surface area contributed by atoms with Gasteiger partial charge < -0.3 is 4.90 Å². The fourth-order valence-electron chi connectivity index (χ4n) is 1.67. The number of aromatic nitrogens is 1. The number of nitro groups is 1. The maximum absolute atomic E-state index is 12.3. The Morgan fingerprint density at radius 3 is 2.95 bits per heavy atom. The van der Waals surface area contributed by atoms with Crippen molar-refractivity contribution >= 4 is 34.5 Å². The van der Waals surface area contributed by atoms with Gasteiger partial charge in [-0.3, -0.25) is 14.9 Å². The smallest absolute Gasteiger partial charge is 0.300 e. The van der Waals surface area contributed by atoms with Crippen molar-refractivity contribution < 1.29 is 9.72 Å². The summed E-state index contributed by atoms with van der Waals surface area (Å²) in [5, 5.41) is 14.8. The average molecular weight is 312 g/mol. The maximum atomic E-state index is 12.3. The van der Waals surface area contributed by atoms with E-state index in [4.69, 9.17) is 11.6 Å². The molecule has 0 spiro atoms. The van der Waals surface area contributed by atoms with Crippen molar-refractivity contribution in [3.63, 3.8) is 0 Å². The predicted octanol–water partition coefficient (Wildman–Crippen LogP) is 2.98. The topological polar surface area (TPSA) is 76.3 Å². The van der Waals surface area contributed by atoms with E-state index in [1.165, 1.54) is 22.3 Å². The largest absolute Gasteiger partial charge is 0.337 e. The third-order valence-electron chi connectivity index (χ3n) is 2.62. The molecule has 104 valence electrons. The molecular formula is C12H10ClN3O3S. The van der Waals surface area contributed by atoms with Crippen molar-refractivity contribution in [2.45, 2.75) is 6.54 Å². The van der Waals surface area contributed by atoms with Gasteiger partial charge in [0.2, 0.25) is 0 Å². The molecule has 6 nitrogen and oxygen atoms in total. The van der Waals surface area contributed by atoms with Crippen LogP contribution in [0.1, 0.15) is 15.9 Å². The summed E-state index contributed by atoms with van der Waals surface area (Å²) in [5.74, 6) is -0.466. The van der Waals surface area contributed by atoms with Crippen LogP contribution >= 0.6 is 22.9 Å². The molecule has 0 aliphatic rings. The van der Waals surface area contributed by atoms with Gasteiger partial charge in [-0.05, 0) is 28.5 Å². The minimum absolute atomic E-state index is 0.0443. The molecule has 0 saturated carbocycles. The van der Waals surface area contributed by atoms with Gasteiger partial charge in [0.05, 0.1) is 4.92 Å². The Bertz CT molecular complexity index is 645. The number of carbonyl (C=O) groups is 1. The zero-order valence-electron chi connectivity index (χ0n) is 10.4. The van der Waals surface area contributed by atoms with Gasteiger partial charge >= 0.3 is 0 Å². The number of hydrogen-bond acceptors (Lipinski definition) is 5. The zero-order chi connectivity index (χ0) is 14.7. The van der Waals surface area contributed by atoms with Crippen LogP contribution in [-0.4, -0.2) is 27.8 Å². The number of hydrogen-bond donors (Lipinski definition) is 0. The lowest BCUT2D eigenvalue weighted by Crippen LogP contribution is -2.26. The molecular weight excluding hydrogens is 302 g/mol. The molecule has 0 bridgehead atoms. The molecule has 0 saturated heterocycles. The molecule has 0 radical (unpaired) electrons. The van der Waals surface area contributed by atoms with E-state index in [1.807, 2.05) is 16.8 Å². The quantitative estimate of drug-likeness (QED) is 0.494. The Morgan fingerprint density at radius 2 is 2.35 bits per heavy atom. The van der Waals surface area contributed by atoms with Crippen LogP contribution < -0.4 is 0 Å². The lowest BCUT2D eigenvalue weighted by atomic mass is 10.2. The van der Waals surface area contributed by atoms with Crippen LogP contribution in [0.5, 0.6) is 0 Å². The molecule has 0 aliphatic heterocycles. The van der Waals surface area contributed by atoms with E-state index in [9.17, 15) is 14.9 Å². The molecule has 1 amide bonds. The molecule has 8 heteroatoms. The van der Waals surface area contributed by atoms with E-state index >= 15 is 0 Å². The normalized spacial score (nSPS) is 10.3. The van der Waals surface area contributed by atoms with Crippen LogP contribution in [0.2, 0.25) is 5.15 Å². The van der Waals surface area contributed by atoms with E-state index in [-0.39, 0.29) is 16.4 Å². The number of amides is 1. The summed E-state index contributed by atoms with van der Waals surface area (Å²) in [4.78, 5) is 27.6. The Kier molecular flexibility index (Phi) is 4.31. The first-order valence-corrected chi connectivity index (χ1v) is 6.87. The third-order valence-corrected chi connectivity index (χ3v) is 3.56. The Labute approximate surface area is 123 Å². The summed E-state index contributed by atoms with van der Waals surface area (Å²) in [6.45, 7) is 0.374. The van der Waals surface area contributed by atoms with E-state index in [0.717, 1.165) is 11.8 Å².